The normalized spacial score (nSPS) is 16.9. The minimum atomic E-state index is -1.64. The van der Waals surface area contributed by atoms with Gasteiger partial charge in [-0.2, -0.15) is 0 Å². The predicted octanol–water partition coefficient (Wildman–Crippen LogP) is 4.27. The second-order valence-electron chi connectivity index (χ2n) is 6.71. The van der Waals surface area contributed by atoms with Crippen LogP contribution >= 0.6 is 15.9 Å². The molecule has 0 saturated heterocycles. The lowest BCUT2D eigenvalue weighted by atomic mass is 9.75. The molecule has 7 heteroatoms. The zero-order valence-electron chi connectivity index (χ0n) is 16.7. The van der Waals surface area contributed by atoms with Gasteiger partial charge in [0.05, 0.1) is 26.0 Å². The minimum absolute atomic E-state index is 0.161. The van der Waals surface area contributed by atoms with Crippen molar-refractivity contribution >= 4 is 33.6 Å². The molecule has 0 saturated carbocycles. The van der Waals surface area contributed by atoms with Crippen LogP contribution in [0.2, 0.25) is 0 Å². The van der Waals surface area contributed by atoms with Crippen molar-refractivity contribution in [2.24, 2.45) is 0 Å². The molecule has 29 heavy (non-hydrogen) atoms. The molecule has 1 atom stereocenters. The fourth-order valence-corrected chi connectivity index (χ4v) is 4.20. The fourth-order valence-electron chi connectivity index (χ4n) is 3.65. The molecule has 0 fully saturated rings. The summed E-state index contributed by atoms with van der Waals surface area (Å²) in [7, 11) is 1.60. The number of rotatable bonds is 6. The molecule has 1 heterocycles. The van der Waals surface area contributed by atoms with E-state index in [1.807, 2.05) is 36.4 Å². The second kappa shape index (κ2) is 8.86. The maximum absolute atomic E-state index is 13.0. The second-order valence-corrected chi connectivity index (χ2v) is 7.57. The molecule has 0 unspecified atom stereocenters. The van der Waals surface area contributed by atoms with Gasteiger partial charge in [0.15, 0.2) is 0 Å². The van der Waals surface area contributed by atoms with E-state index in [1.165, 1.54) is 0 Å². The summed E-state index contributed by atoms with van der Waals surface area (Å²) >= 11 is 3.55. The number of benzene rings is 2. The topological polar surface area (TPSA) is 73.9 Å². The van der Waals surface area contributed by atoms with E-state index in [1.54, 1.807) is 27.0 Å². The third-order valence-electron chi connectivity index (χ3n) is 5.00. The summed E-state index contributed by atoms with van der Waals surface area (Å²) in [5, 5.41) is 3.15. The highest BCUT2D eigenvalue weighted by Crippen LogP contribution is 2.48. The summed E-state index contributed by atoms with van der Waals surface area (Å²) in [6.07, 6.45) is 0.168. The Bertz CT molecular complexity index is 882. The van der Waals surface area contributed by atoms with Crippen LogP contribution in [0.3, 0.4) is 0 Å². The third kappa shape index (κ3) is 3.96. The Labute approximate surface area is 178 Å². The zero-order chi connectivity index (χ0) is 21.0. The van der Waals surface area contributed by atoms with Crippen LogP contribution in [-0.4, -0.2) is 37.8 Å². The van der Waals surface area contributed by atoms with Crippen molar-refractivity contribution in [3.8, 4) is 5.75 Å². The van der Waals surface area contributed by atoms with Crippen molar-refractivity contribution in [1.82, 2.24) is 0 Å². The Hall–Kier alpha value is -2.54. The number of anilines is 1. The van der Waals surface area contributed by atoms with Gasteiger partial charge in [-0.05, 0) is 53.0 Å². The van der Waals surface area contributed by atoms with Gasteiger partial charge in [-0.3, -0.25) is 0 Å². The molecule has 0 amide bonds. The van der Waals surface area contributed by atoms with Crippen molar-refractivity contribution < 1.29 is 23.8 Å². The molecule has 0 bridgehead atoms. The summed E-state index contributed by atoms with van der Waals surface area (Å²) < 4.78 is 16.7. The molecule has 1 aliphatic heterocycles. The van der Waals surface area contributed by atoms with Crippen molar-refractivity contribution in [2.45, 2.75) is 31.7 Å². The molecule has 3 rings (SSSR count). The molecule has 1 N–H and O–H groups in total. The number of halogens is 1. The van der Waals surface area contributed by atoms with Crippen molar-refractivity contribution in [2.75, 3.05) is 25.6 Å². The van der Waals surface area contributed by atoms with Crippen LogP contribution in [0.5, 0.6) is 5.75 Å². The first kappa shape index (κ1) is 21.2. The average Bonchev–Trinajstić information content (AvgIpc) is 2.74. The van der Waals surface area contributed by atoms with E-state index in [-0.39, 0.29) is 25.6 Å². The van der Waals surface area contributed by atoms with Gasteiger partial charge in [-0.1, -0.05) is 30.3 Å². The molecule has 0 aliphatic carbocycles. The fraction of sp³-hybridized carbons (Fsp3) is 0.364. The smallest absolute Gasteiger partial charge is 0.343 e. The van der Waals surface area contributed by atoms with Gasteiger partial charge in [-0.25, -0.2) is 9.59 Å². The van der Waals surface area contributed by atoms with Crippen LogP contribution in [0.25, 0.3) is 0 Å². The highest BCUT2D eigenvalue weighted by atomic mass is 79.9. The molecular formula is C22H24BrNO5. The number of esters is 2. The lowest BCUT2D eigenvalue weighted by Gasteiger charge is -2.40. The van der Waals surface area contributed by atoms with E-state index in [0.29, 0.717) is 15.9 Å². The molecule has 2 aromatic carbocycles. The number of ether oxygens (including phenoxy) is 3. The molecule has 0 aromatic heterocycles. The van der Waals surface area contributed by atoms with Gasteiger partial charge in [-0.15, -0.1) is 0 Å². The van der Waals surface area contributed by atoms with E-state index in [4.69, 9.17) is 14.2 Å². The van der Waals surface area contributed by atoms with Crippen LogP contribution in [0.1, 0.15) is 37.3 Å². The third-order valence-corrected chi connectivity index (χ3v) is 5.63. The van der Waals surface area contributed by atoms with Gasteiger partial charge in [0.1, 0.15) is 5.75 Å². The van der Waals surface area contributed by atoms with Crippen molar-refractivity contribution in [1.29, 1.82) is 0 Å². The number of hydrogen-bond acceptors (Lipinski definition) is 6. The van der Waals surface area contributed by atoms with Crippen LogP contribution < -0.4 is 10.1 Å². The van der Waals surface area contributed by atoms with Crippen molar-refractivity contribution in [3.63, 3.8) is 0 Å². The van der Waals surface area contributed by atoms with E-state index >= 15 is 0 Å². The zero-order valence-corrected chi connectivity index (χ0v) is 18.2. The molecule has 2 aromatic rings. The monoisotopic (exact) mass is 461 g/mol. The van der Waals surface area contributed by atoms with Crippen molar-refractivity contribution in [3.05, 3.63) is 58.1 Å². The predicted molar refractivity (Wildman–Crippen MR) is 113 cm³/mol. The molecule has 0 radical (unpaired) electrons. The van der Waals surface area contributed by atoms with Gasteiger partial charge < -0.3 is 19.5 Å². The van der Waals surface area contributed by atoms with E-state index in [9.17, 15) is 9.59 Å². The Morgan fingerprint density at radius 3 is 2.28 bits per heavy atom. The van der Waals surface area contributed by atoms with Gasteiger partial charge in [0.2, 0.25) is 5.54 Å². The maximum atomic E-state index is 13.0. The Morgan fingerprint density at radius 2 is 1.72 bits per heavy atom. The molecule has 0 spiro atoms. The standard InChI is InChI=1S/C22H24BrNO5/c1-4-28-20(25)22(21(26)29-5-2)13-17(14-9-7-6-8-10-14)16-11-15(27-3)12-18(23)19(16)24-22/h6-12,17,24H,4-5,13H2,1-3H3/t17-/m0/s1. The summed E-state index contributed by atoms with van der Waals surface area (Å²) in [5.74, 6) is -0.855. The largest absolute Gasteiger partial charge is 0.497 e. The summed E-state index contributed by atoms with van der Waals surface area (Å²) in [5.41, 5.74) is 0.906. The molecule has 6 nitrogen and oxygen atoms in total. The van der Waals surface area contributed by atoms with Gasteiger partial charge in [0.25, 0.3) is 0 Å². The Kier molecular flexibility index (Phi) is 6.47. The quantitative estimate of drug-likeness (QED) is 0.511. The summed E-state index contributed by atoms with van der Waals surface area (Å²) in [6.45, 7) is 3.74. The van der Waals surface area contributed by atoms with E-state index < -0.39 is 17.5 Å². The lowest BCUT2D eigenvalue weighted by Crippen LogP contribution is -2.58. The van der Waals surface area contributed by atoms with E-state index in [0.717, 1.165) is 11.1 Å². The Balaban J connectivity index is 2.22. The number of hydrogen-bond donors (Lipinski definition) is 1. The summed E-state index contributed by atoms with van der Waals surface area (Å²) in [4.78, 5) is 26.1. The number of carbonyl (C=O) groups excluding carboxylic acids is 2. The highest BCUT2D eigenvalue weighted by molar-refractivity contribution is 9.10. The Morgan fingerprint density at radius 1 is 1.10 bits per heavy atom. The number of fused-ring (bicyclic) bond motifs is 1. The van der Waals surface area contributed by atoms with Crippen LogP contribution in [-0.2, 0) is 19.1 Å². The molecule has 1 aliphatic rings. The first-order chi connectivity index (χ1) is 14.0. The van der Waals surface area contributed by atoms with Gasteiger partial charge >= 0.3 is 11.9 Å². The minimum Gasteiger partial charge on any atom is -0.497 e. The number of methoxy groups -OCH3 is 1. The first-order valence-electron chi connectivity index (χ1n) is 9.51. The number of carbonyl (C=O) groups is 2. The SMILES string of the molecule is CCOC(=O)C1(C(=O)OCC)C[C@@H](c2ccccc2)c2cc(OC)cc(Br)c2N1. The van der Waals surface area contributed by atoms with Crippen LogP contribution in [0, 0.1) is 0 Å². The summed E-state index contributed by atoms with van der Waals surface area (Å²) in [6, 6.07) is 13.5. The van der Waals surface area contributed by atoms with E-state index in [2.05, 4.69) is 21.2 Å². The average molecular weight is 462 g/mol. The number of nitrogens with one attached hydrogen (secondary N) is 1. The van der Waals surface area contributed by atoms with Gasteiger partial charge in [0, 0.05) is 16.8 Å². The first-order valence-corrected chi connectivity index (χ1v) is 10.3. The maximum Gasteiger partial charge on any atom is 0.343 e. The molecule has 154 valence electrons. The highest BCUT2D eigenvalue weighted by Gasteiger charge is 2.54. The molecular weight excluding hydrogens is 438 g/mol. The lowest BCUT2D eigenvalue weighted by molar-refractivity contribution is -0.163. The van der Waals surface area contributed by atoms with Crippen LogP contribution in [0.15, 0.2) is 46.9 Å². The van der Waals surface area contributed by atoms with Crippen LogP contribution in [0.4, 0.5) is 5.69 Å².